The van der Waals surface area contributed by atoms with Gasteiger partial charge in [-0.25, -0.2) is 9.97 Å². The number of hydrogen-bond acceptors (Lipinski definition) is 4. The Morgan fingerprint density at radius 1 is 1.03 bits per heavy atom. The molecule has 0 unspecified atom stereocenters. The van der Waals surface area contributed by atoms with Gasteiger partial charge in [0.1, 0.15) is 22.9 Å². The Bertz CT molecular complexity index is 1200. The SMILES string of the molecule is Cc1cccnc1C#Cc1ccc(-c2nc3ccccn3c2NC(C)(C)C)s1.Cl. The predicted octanol–water partition coefficient (Wildman–Crippen LogP) is 5.80. The van der Waals surface area contributed by atoms with Crippen LogP contribution in [0.25, 0.3) is 16.2 Å². The van der Waals surface area contributed by atoms with E-state index in [-0.39, 0.29) is 17.9 Å². The summed E-state index contributed by atoms with van der Waals surface area (Å²) in [5.41, 5.74) is 3.71. The van der Waals surface area contributed by atoms with Gasteiger partial charge in [0.25, 0.3) is 0 Å². The van der Waals surface area contributed by atoms with E-state index in [0.717, 1.165) is 38.2 Å². The van der Waals surface area contributed by atoms with Crippen LogP contribution in [0.5, 0.6) is 0 Å². The Balaban J connectivity index is 0.00000240. The van der Waals surface area contributed by atoms with Crippen LogP contribution in [0, 0.1) is 18.8 Å². The van der Waals surface area contributed by atoms with Crippen LogP contribution in [-0.2, 0) is 0 Å². The van der Waals surface area contributed by atoms with Crippen molar-refractivity contribution in [1.29, 1.82) is 0 Å². The summed E-state index contributed by atoms with van der Waals surface area (Å²) in [6.45, 7) is 8.48. The lowest BCUT2D eigenvalue weighted by Crippen LogP contribution is -2.27. The van der Waals surface area contributed by atoms with Crippen LogP contribution in [0.4, 0.5) is 5.82 Å². The Morgan fingerprint density at radius 3 is 2.62 bits per heavy atom. The number of nitrogens with one attached hydrogen (secondary N) is 1. The second-order valence-electron chi connectivity index (χ2n) is 7.70. The fourth-order valence-corrected chi connectivity index (χ4v) is 3.76. The van der Waals surface area contributed by atoms with Gasteiger partial charge >= 0.3 is 0 Å². The number of imidazole rings is 1. The first kappa shape index (κ1) is 20.9. The average Bonchev–Trinajstić information content (AvgIpc) is 3.25. The summed E-state index contributed by atoms with van der Waals surface area (Å²) in [4.78, 5) is 11.3. The quantitative estimate of drug-likeness (QED) is 0.415. The van der Waals surface area contributed by atoms with Crippen molar-refractivity contribution in [3.8, 4) is 22.4 Å². The molecule has 0 amide bonds. The number of aromatic nitrogens is 3. The maximum atomic E-state index is 4.86. The minimum atomic E-state index is -0.0725. The molecule has 4 nitrogen and oxygen atoms in total. The fraction of sp³-hybridized carbons (Fsp3) is 0.217. The molecule has 0 aliphatic heterocycles. The molecule has 4 aromatic rings. The van der Waals surface area contributed by atoms with E-state index in [2.05, 4.69) is 59.4 Å². The Hall–Kier alpha value is -2.81. The van der Waals surface area contributed by atoms with E-state index >= 15 is 0 Å². The number of aryl methyl sites for hydroxylation is 1. The van der Waals surface area contributed by atoms with E-state index in [4.69, 9.17) is 4.98 Å². The Labute approximate surface area is 181 Å². The standard InChI is InChI=1S/C23H22N4S.ClH/c1-16-8-7-14-24-18(16)12-10-17-11-13-19(28-17)21-22(26-23(2,3)4)27-15-6-5-9-20(27)25-21;/h5-9,11,13-15,26H,1-4H3;1H. The lowest BCUT2D eigenvalue weighted by Gasteiger charge is -2.22. The molecule has 0 fully saturated rings. The fourth-order valence-electron chi connectivity index (χ4n) is 2.91. The zero-order valence-corrected chi connectivity index (χ0v) is 18.5. The van der Waals surface area contributed by atoms with Crippen molar-refractivity contribution in [2.45, 2.75) is 33.2 Å². The van der Waals surface area contributed by atoms with Gasteiger partial charge in [-0.1, -0.05) is 12.1 Å². The van der Waals surface area contributed by atoms with E-state index in [1.54, 1.807) is 17.5 Å². The van der Waals surface area contributed by atoms with E-state index in [1.165, 1.54) is 0 Å². The predicted molar refractivity (Wildman–Crippen MR) is 124 cm³/mol. The van der Waals surface area contributed by atoms with Crippen LogP contribution < -0.4 is 5.32 Å². The van der Waals surface area contributed by atoms with Crippen LogP contribution in [0.15, 0.2) is 54.9 Å². The lowest BCUT2D eigenvalue weighted by molar-refractivity contribution is 0.630. The summed E-state index contributed by atoms with van der Waals surface area (Å²) in [6, 6.07) is 14.1. The van der Waals surface area contributed by atoms with Crippen LogP contribution in [0.2, 0.25) is 0 Å². The second-order valence-corrected chi connectivity index (χ2v) is 8.78. The molecule has 0 spiro atoms. The zero-order chi connectivity index (χ0) is 19.7. The summed E-state index contributed by atoms with van der Waals surface area (Å²) in [7, 11) is 0. The molecule has 0 saturated carbocycles. The lowest BCUT2D eigenvalue weighted by atomic mass is 10.1. The maximum Gasteiger partial charge on any atom is 0.140 e. The summed E-state index contributed by atoms with van der Waals surface area (Å²) < 4.78 is 2.10. The number of hydrogen-bond donors (Lipinski definition) is 1. The van der Waals surface area contributed by atoms with Crippen LogP contribution in [-0.4, -0.2) is 19.9 Å². The highest BCUT2D eigenvalue weighted by molar-refractivity contribution is 7.16. The molecular weight excluding hydrogens is 400 g/mol. The van der Waals surface area contributed by atoms with Gasteiger partial charge < -0.3 is 5.32 Å². The van der Waals surface area contributed by atoms with E-state index in [0.29, 0.717) is 0 Å². The molecular formula is C23H23ClN4S. The third-order valence-corrected chi connectivity index (χ3v) is 5.18. The number of halogens is 1. The smallest absolute Gasteiger partial charge is 0.140 e. The molecule has 29 heavy (non-hydrogen) atoms. The van der Waals surface area contributed by atoms with Crippen molar-refractivity contribution in [3.05, 3.63) is 71.0 Å². The van der Waals surface area contributed by atoms with Gasteiger partial charge in [-0.2, -0.15) is 0 Å². The molecule has 4 aromatic heterocycles. The molecule has 6 heteroatoms. The van der Waals surface area contributed by atoms with Gasteiger partial charge in [0, 0.05) is 17.9 Å². The monoisotopic (exact) mass is 422 g/mol. The van der Waals surface area contributed by atoms with E-state index < -0.39 is 0 Å². The van der Waals surface area contributed by atoms with Crippen LogP contribution in [0.1, 0.15) is 36.9 Å². The molecule has 0 aliphatic rings. The Kier molecular flexibility index (Phi) is 5.97. The van der Waals surface area contributed by atoms with Crippen LogP contribution >= 0.6 is 23.7 Å². The number of rotatable bonds is 2. The van der Waals surface area contributed by atoms with Gasteiger partial charge in [-0.3, -0.25) is 4.40 Å². The van der Waals surface area contributed by atoms with Crippen molar-refractivity contribution < 1.29 is 0 Å². The first-order chi connectivity index (χ1) is 13.4. The largest absolute Gasteiger partial charge is 0.365 e. The molecule has 0 saturated heterocycles. The summed E-state index contributed by atoms with van der Waals surface area (Å²) in [5.74, 6) is 7.43. The molecule has 0 atom stereocenters. The van der Waals surface area contributed by atoms with Crippen LogP contribution in [0.3, 0.4) is 0 Å². The molecule has 0 aliphatic carbocycles. The number of anilines is 1. The van der Waals surface area contributed by atoms with Crippen molar-refractivity contribution in [2.75, 3.05) is 5.32 Å². The van der Waals surface area contributed by atoms with Gasteiger partial charge in [0.2, 0.25) is 0 Å². The topological polar surface area (TPSA) is 42.2 Å². The van der Waals surface area contributed by atoms with Gasteiger partial charge in [0.15, 0.2) is 0 Å². The van der Waals surface area contributed by atoms with Gasteiger partial charge in [0.05, 0.1) is 9.75 Å². The summed E-state index contributed by atoms with van der Waals surface area (Å²) in [5, 5.41) is 3.61. The summed E-state index contributed by atoms with van der Waals surface area (Å²) >= 11 is 1.65. The molecule has 0 radical (unpaired) electrons. The molecule has 0 bridgehead atoms. The molecule has 4 rings (SSSR count). The molecule has 4 heterocycles. The molecule has 148 valence electrons. The highest BCUT2D eigenvalue weighted by Crippen LogP contribution is 2.35. The number of fused-ring (bicyclic) bond motifs is 1. The van der Waals surface area contributed by atoms with Crippen molar-refractivity contribution >= 4 is 35.2 Å². The average molecular weight is 423 g/mol. The number of thiophene rings is 1. The van der Waals surface area contributed by atoms with Crippen molar-refractivity contribution in [2.24, 2.45) is 0 Å². The first-order valence-electron chi connectivity index (χ1n) is 9.20. The third kappa shape index (κ3) is 4.61. The molecule has 1 N–H and O–H groups in total. The first-order valence-corrected chi connectivity index (χ1v) is 10.0. The van der Waals surface area contributed by atoms with E-state index in [1.807, 2.05) is 43.5 Å². The zero-order valence-electron chi connectivity index (χ0n) is 16.9. The molecule has 0 aromatic carbocycles. The van der Waals surface area contributed by atoms with Gasteiger partial charge in [-0.05, 0) is 75.4 Å². The minimum absolute atomic E-state index is 0. The minimum Gasteiger partial charge on any atom is -0.365 e. The Morgan fingerprint density at radius 2 is 1.86 bits per heavy atom. The summed E-state index contributed by atoms with van der Waals surface area (Å²) in [6.07, 6.45) is 3.82. The van der Waals surface area contributed by atoms with Crippen molar-refractivity contribution in [3.63, 3.8) is 0 Å². The normalized spacial score (nSPS) is 10.9. The maximum absolute atomic E-state index is 4.86. The van der Waals surface area contributed by atoms with Crippen molar-refractivity contribution in [1.82, 2.24) is 14.4 Å². The third-order valence-electron chi connectivity index (χ3n) is 4.18. The number of pyridine rings is 2. The number of nitrogens with zero attached hydrogens (tertiary/aromatic N) is 3. The highest BCUT2D eigenvalue weighted by atomic mass is 35.5. The highest BCUT2D eigenvalue weighted by Gasteiger charge is 2.20. The van der Waals surface area contributed by atoms with Gasteiger partial charge in [-0.15, -0.1) is 23.7 Å². The van der Waals surface area contributed by atoms with E-state index in [9.17, 15) is 0 Å². The second kappa shape index (κ2) is 8.28.